The van der Waals surface area contributed by atoms with Crippen LogP contribution in [-0.4, -0.2) is 41.3 Å². The maximum absolute atomic E-state index is 12.4. The molecule has 0 unspecified atom stereocenters. The number of nitrogens with two attached hydrogens (primary N) is 1. The molecule has 2 aromatic heterocycles. The van der Waals surface area contributed by atoms with Gasteiger partial charge in [-0.1, -0.05) is 6.08 Å². The number of ether oxygens (including phenoxy) is 1. The van der Waals surface area contributed by atoms with Gasteiger partial charge < -0.3 is 10.5 Å². The van der Waals surface area contributed by atoms with E-state index in [-0.39, 0.29) is 33.0 Å². The normalized spacial score (nSPS) is 16.2. The number of methoxy groups -OCH3 is 1. The first-order valence-electron chi connectivity index (χ1n) is 7.89. The van der Waals surface area contributed by atoms with Crippen LogP contribution in [-0.2, 0) is 19.4 Å². The Morgan fingerprint density at radius 3 is 2.68 bits per heavy atom. The number of hydrogen-bond acceptors (Lipinski definition) is 9. The van der Waals surface area contributed by atoms with E-state index < -0.39 is 15.4 Å². The summed E-state index contributed by atoms with van der Waals surface area (Å²) < 4.78 is 34.0. The molecule has 11 heteroatoms. The number of aromatic nitrogens is 3. The molecule has 0 saturated heterocycles. The molecule has 0 amide bonds. The van der Waals surface area contributed by atoms with Crippen molar-refractivity contribution in [1.29, 1.82) is 0 Å². The molecule has 146 valence electrons. The van der Waals surface area contributed by atoms with Gasteiger partial charge in [0.15, 0.2) is 5.76 Å². The number of fused-ring (bicyclic) bond motifs is 1. The monoisotopic (exact) mass is 420 g/mol. The smallest absolute Gasteiger partial charge is 0.283 e. The lowest BCUT2D eigenvalue weighted by atomic mass is 9.95. The lowest BCUT2D eigenvalue weighted by molar-refractivity contribution is -0.115. The summed E-state index contributed by atoms with van der Waals surface area (Å²) in [6.45, 7) is 3.62. The second kappa shape index (κ2) is 7.17. The topological polar surface area (TPSA) is 134 Å². The van der Waals surface area contributed by atoms with E-state index in [1.807, 2.05) is 0 Å². The van der Waals surface area contributed by atoms with Gasteiger partial charge in [-0.05, 0) is 30.2 Å². The number of hydrogen-bond donors (Lipinski definition) is 1. The summed E-state index contributed by atoms with van der Waals surface area (Å²) in [6, 6.07) is 0. The fourth-order valence-electron chi connectivity index (χ4n) is 2.66. The minimum atomic E-state index is -3.69. The predicted molar refractivity (Wildman–Crippen MR) is 106 cm³/mol. The molecular formula is C17H16N4O5S2. The third kappa shape index (κ3) is 3.41. The molecule has 0 atom stereocenters. The number of Topliss-reactive ketones (excluding diaryl/α,β-unsaturated/α-hetero) is 1. The highest BCUT2D eigenvalue weighted by molar-refractivity contribution is 7.90. The predicted octanol–water partition coefficient (Wildman–Crippen LogP) is 1.14. The van der Waals surface area contributed by atoms with Gasteiger partial charge in [0.25, 0.3) is 5.56 Å². The van der Waals surface area contributed by atoms with Crippen molar-refractivity contribution < 1.29 is 17.9 Å². The number of sulfone groups is 1. The molecule has 9 nitrogen and oxygen atoms in total. The second-order valence-corrected chi connectivity index (χ2v) is 8.56. The van der Waals surface area contributed by atoms with Crippen LogP contribution in [0, 0.1) is 0 Å². The van der Waals surface area contributed by atoms with Crippen molar-refractivity contribution >= 4 is 44.0 Å². The summed E-state index contributed by atoms with van der Waals surface area (Å²) in [5.74, 6) is -0.286. The zero-order chi connectivity index (χ0) is 20.6. The highest BCUT2D eigenvalue weighted by Gasteiger charge is 2.23. The molecule has 0 aliphatic heterocycles. The summed E-state index contributed by atoms with van der Waals surface area (Å²) in [4.78, 5) is 28.6. The number of nitrogen functional groups attached to an aromatic ring is 1. The Hall–Kier alpha value is -3.05. The molecule has 1 aliphatic rings. The minimum Gasteiger partial charge on any atom is -0.493 e. The zero-order valence-corrected chi connectivity index (χ0v) is 16.6. The third-order valence-corrected chi connectivity index (χ3v) is 5.67. The second-order valence-electron chi connectivity index (χ2n) is 5.92. The van der Waals surface area contributed by atoms with Gasteiger partial charge in [-0.2, -0.15) is 9.36 Å². The van der Waals surface area contributed by atoms with Crippen LogP contribution in [0.15, 0.2) is 51.7 Å². The lowest BCUT2D eigenvalue weighted by Crippen LogP contribution is -2.18. The molecule has 0 radical (unpaired) electrons. The zero-order valence-electron chi connectivity index (χ0n) is 15.0. The first-order chi connectivity index (χ1) is 13.2. The Bertz CT molecular complexity index is 1260. The summed E-state index contributed by atoms with van der Waals surface area (Å²) in [7, 11) is -2.32. The molecule has 0 fully saturated rings. The van der Waals surface area contributed by atoms with E-state index in [0.717, 1.165) is 22.2 Å². The molecule has 0 spiro atoms. The third-order valence-electron chi connectivity index (χ3n) is 3.91. The van der Waals surface area contributed by atoms with Crippen molar-refractivity contribution in [3.05, 3.63) is 57.6 Å². The van der Waals surface area contributed by atoms with Gasteiger partial charge in [0.1, 0.15) is 5.82 Å². The van der Waals surface area contributed by atoms with Crippen molar-refractivity contribution in [2.45, 2.75) is 11.6 Å². The summed E-state index contributed by atoms with van der Waals surface area (Å²) in [5.41, 5.74) is 6.34. The van der Waals surface area contributed by atoms with Gasteiger partial charge in [-0.25, -0.2) is 12.8 Å². The van der Waals surface area contributed by atoms with Gasteiger partial charge in [0.05, 0.1) is 12.7 Å². The van der Waals surface area contributed by atoms with Crippen LogP contribution in [0.25, 0.3) is 11.0 Å². The average Bonchev–Trinajstić information content (AvgIpc) is 3.05. The number of anilines is 1. The highest BCUT2D eigenvalue weighted by Crippen LogP contribution is 2.25. The maximum atomic E-state index is 12.4. The number of nitrogens with zero attached hydrogens (tertiary/aromatic N) is 3. The minimum absolute atomic E-state index is 0.0205. The van der Waals surface area contributed by atoms with E-state index in [9.17, 15) is 18.0 Å². The van der Waals surface area contributed by atoms with Crippen molar-refractivity contribution in [3.63, 3.8) is 0 Å². The Balaban J connectivity index is 2.26. The number of ketones is 1. The lowest BCUT2D eigenvalue weighted by Gasteiger charge is -2.14. The van der Waals surface area contributed by atoms with Crippen molar-refractivity contribution in [1.82, 2.24) is 13.8 Å². The van der Waals surface area contributed by atoms with Gasteiger partial charge in [0.2, 0.25) is 25.7 Å². The molecular weight excluding hydrogens is 404 g/mol. The Morgan fingerprint density at radius 1 is 1.36 bits per heavy atom. The molecule has 28 heavy (non-hydrogen) atoms. The van der Waals surface area contributed by atoms with Crippen LogP contribution in [0.3, 0.4) is 0 Å². The Kier molecular flexibility index (Phi) is 5.04. The number of carbonyl (C=O) groups excluding carboxylic acids is 1. The molecule has 2 N–H and O–H groups in total. The summed E-state index contributed by atoms with van der Waals surface area (Å²) in [6.07, 6.45) is 7.36. The standard InChI is InChI=1S/C17H16N4O5S2/c1-4-5-10-6-9(8-12(26-2)13(10)22)7-11-14(18)21-16(19-15(11)23)27-20-17(21)28(3,24)25/h4,6-8H,1,5,18H2,2-3H3. The first kappa shape index (κ1) is 19.7. The highest BCUT2D eigenvalue weighted by atomic mass is 32.2. The quantitative estimate of drug-likeness (QED) is 0.712. The van der Waals surface area contributed by atoms with E-state index >= 15 is 0 Å². The van der Waals surface area contributed by atoms with Gasteiger partial charge >= 0.3 is 0 Å². The van der Waals surface area contributed by atoms with Crippen LogP contribution in [0.4, 0.5) is 5.82 Å². The first-order valence-corrected chi connectivity index (χ1v) is 10.6. The van der Waals surface area contributed by atoms with Crippen LogP contribution < -0.4 is 11.3 Å². The largest absolute Gasteiger partial charge is 0.493 e. The SMILES string of the molecule is C=CCC1=CC(=Cc2c(N)n3c(S(C)(=O)=O)nsc3nc2=O)C=C(OC)C1=O. The van der Waals surface area contributed by atoms with Crippen LogP contribution in [0.2, 0.25) is 0 Å². The van der Waals surface area contributed by atoms with Gasteiger partial charge in [0, 0.05) is 23.4 Å². The van der Waals surface area contributed by atoms with Crippen molar-refractivity contribution in [2.75, 3.05) is 19.1 Å². The molecule has 2 heterocycles. The van der Waals surface area contributed by atoms with E-state index in [1.165, 1.54) is 19.3 Å². The number of allylic oxidation sites excluding steroid dienone is 5. The molecule has 0 aromatic carbocycles. The Morgan fingerprint density at radius 2 is 2.07 bits per heavy atom. The summed E-state index contributed by atoms with van der Waals surface area (Å²) in [5, 5.41) is -0.299. The van der Waals surface area contributed by atoms with Crippen LogP contribution in [0.1, 0.15) is 12.0 Å². The summed E-state index contributed by atoms with van der Waals surface area (Å²) >= 11 is 0.758. The number of carbonyl (C=O) groups is 1. The van der Waals surface area contributed by atoms with E-state index in [0.29, 0.717) is 17.6 Å². The van der Waals surface area contributed by atoms with Gasteiger partial charge in [-0.15, -0.1) is 6.58 Å². The molecule has 0 saturated carbocycles. The van der Waals surface area contributed by atoms with E-state index in [2.05, 4.69) is 15.9 Å². The molecule has 2 aromatic rings. The fraction of sp³-hybridized carbons (Fsp3) is 0.176. The fourth-order valence-corrected chi connectivity index (χ4v) is 4.52. The van der Waals surface area contributed by atoms with Crippen LogP contribution >= 0.6 is 11.5 Å². The molecule has 1 aliphatic carbocycles. The van der Waals surface area contributed by atoms with Crippen molar-refractivity contribution in [2.24, 2.45) is 0 Å². The molecule has 0 bridgehead atoms. The van der Waals surface area contributed by atoms with E-state index in [4.69, 9.17) is 10.5 Å². The van der Waals surface area contributed by atoms with Crippen LogP contribution in [0.5, 0.6) is 0 Å². The van der Waals surface area contributed by atoms with E-state index in [1.54, 1.807) is 12.2 Å². The van der Waals surface area contributed by atoms with Crippen molar-refractivity contribution in [3.8, 4) is 0 Å². The Labute approximate surface area is 164 Å². The number of rotatable bonds is 5. The maximum Gasteiger partial charge on any atom is 0.283 e. The van der Waals surface area contributed by atoms with Gasteiger partial charge in [-0.3, -0.25) is 9.59 Å². The average molecular weight is 420 g/mol. The molecule has 3 rings (SSSR count).